The molecule has 1 fully saturated rings. The molecule has 0 radical (unpaired) electrons. The number of rotatable bonds is 7. The average molecular weight is 294 g/mol. The molecule has 0 aliphatic carbocycles. The molecule has 0 amide bonds. The van der Waals surface area contributed by atoms with E-state index in [0.29, 0.717) is 6.61 Å². The Morgan fingerprint density at radius 1 is 1.29 bits per heavy atom. The standard InChI is InChI=1S/C16H26N2O3/c1-3-21-15-5-4-13(12-16(15)20-2)14(6-11-19)18-9-7-17-8-10-18/h4-5,12,14,17,19H,3,6-11H2,1-2H3/t14-/m0/s1. The Kier molecular flexibility index (Phi) is 6.29. The molecular weight excluding hydrogens is 268 g/mol. The monoisotopic (exact) mass is 294 g/mol. The van der Waals surface area contributed by atoms with Crippen molar-refractivity contribution < 1.29 is 14.6 Å². The van der Waals surface area contributed by atoms with E-state index in [-0.39, 0.29) is 12.6 Å². The molecule has 1 atom stereocenters. The minimum atomic E-state index is 0.185. The molecule has 2 rings (SSSR count). The van der Waals surface area contributed by atoms with Gasteiger partial charge in [0.15, 0.2) is 11.5 Å². The van der Waals surface area contributed by atoms with E-state index < -0.39 is 0 Å². The maximum absolute atomic E-state index is 9.40. The lowest BCUT2D eigenvalue weighted by molar-refractivity contribution is 0.141. The van der Waals surface area contributed by atoms with Gasteiger partial charge in [-0.1, -0.05) is 6.07 Å². The van der Waals surface area contributed by atoms with Gasteiger partial charge in [0, 0.05) is 38.8 Å². The van der Waals surface area contributed by atoms with Crippen molar-refractivity contribution in [3.05, 3.63) is 23.8 Å². The fourth-order valence-electron chi connectivity index (χ4n) is 2.84. The molecular formula is C16H26N2O3. The molecule has 1 aliphatic heterocycles. The van der Waals surface area contributed by atoms with E-state index in [0.717, 1.165) is 44.1 Å². The largest absolute Gasteiger partial charge is 0.493 e. The van der Waals surface area contributed by atoms with Gasteiger partial charge in [-0.25, -0.2) is 0 Å². The van der Waals surface area contributed by atoms with Crippen molar-refractivity contribution in [2.75, 3.05) is 46.5 Å². The summed E-state index contributed by atoms with van der Waals surface area (Å²) in [6, 6.07) is 6.30. The number of aliphatic hydroxyl groups is 1. The Morgan fingerprint density at radius 3 is 2.67 bits per heavy atom. The Labute approximate surface area is 126 Å². The second kappa shape index (κ2) is 8.22. The third-order valence-electron chi connectivity index (χ3n) is 3.87. The van der Waals surface area contributed by atoms with Crippen LogP contribution < -0.4 is 14.8 Å². The first-order valence-electron chi connectivity index (χ1n) is 7.66. The Hall–Kier alpha value is -1.30. The SMILES string of the molecule is CCOc1ccc([C@H](CCO)N2CCNCC2)cc1OC. The Bertz CT molecular complexity index is 434. The molecule has 0 bridgehead atoms. The number of ether oxygens (including phenoxy) is 2. The van der Waals surface area contributed by atoms with E-state index in [9.17, 15) is 5.11 Å². The normalized spacial score (nSPS) is 17.5. The van der Waals surface area contributed by atoms with Gasteiger partial charge < -0.3 is 19.9 Å². The second-order valence-corrected chi connectivity index (χ2v) is 5.16. The molecule has 1 heterocycles. The number of benzene rings is 1. The maximum Gasteiger partial charge on any atom is 0.161 e. The number of nitrogens with one attached hydrogen (secondary N) is 1. The van der Waals surface area contributed by atoms with Crippen LogP contribution in [0.15, 0.2) is 18.2 Å². The number of methoxy groups -OCH3 is 1. The van der Waals surface area contributed by atoms with Crippen LogP contribution in [-0.2, 0) is 0 Å². The zero-order valence-electron chi connectivity index (χ0n) is 13.0. The summed E-state index contributed by atoms with van der Waals surface area (Å²) in [5.41, 5.74) is 1.17. The number of nitrogens with zero attached hydrogens (tertiary/aromatic N) is 1. The molecule has 0 unspecified atom stereocenters. The molecule has 5 nitrogen and oxygen atoms in total. The molecule has 0 spiro atoms. The molecule has 1 aromatic rings. The molecule has 0 aromatic heterocycles. The van der Waals surface area contributed by atoms with Crippen LogP contribution in [0.3, 0.4) is 0 Å². The summed E-state index contributed by atoms with van der Waals surface area (Å²) in [6.45, 7) is 6.76. The third kappa shape index (κ3) is 4.09. The lowest BCUT2D eigenvalue weighted by Crippen LogP contribution is -2.45. The molecule has 2 N–H and O–H groups in total. The highest BCUT2D eigenvalue weighted by molar-refractivity contribution is 5.44. The molecule has 1 aromatic carbocycles. The summed E-state index contributed by atoms with van der Waals surface area (Å²) in [7, 11) is 1.66. The lowest BCUT2D eigenvalue weighted by atomic mass is 10.0. The minimum absolute atomic E-state index is 0.185. The summed E-state index contributed by atoms with van der Waals surface area (Å²) in [4.78, 5) is 2.42. The summed E-state index contributed by atoms with van der Waals surface area (Å²) in [6.07, 6.45) is 0.733. The zero-order valence-corrected chi connectivity index (χ0v) is 13.0. The summed E-state index contributed by atoms with van der Waals surface area (Å²) >= 11 is 0. The smallest absolute Gasteiger partial charge is 0.161 e. The molecule has 1 aliphatic rings. The quantitative estimate of drug-likeness (QED) is 0.796. The number of hydrogen-bond acceptors (Lipinski definition) is 5. The topological polar surface area (TPSA) is 54.0 Å². The first-order chi connectivity index (χ1) is 10.3. The Balaban J connectivity index is 2.22. The predicted molar refractivity (Wildman–Crippen MR) is 83.0 cm³/mol. The van der Waals surface area contributed by atoms with Crippen molar-refractivity contribution in [1.82, 2.24) is 10.2 Å². The highest BCUT2D eigenvalue weighted by atomic mass is 16.5. The van der Waals surface area contributed by atoms with E-state index in [1.807, 2.05) is 19.1 Å². The first-order valence-corrected chi connectivity index (χ1v) is 7.66. The van der Waals surface area contributed by atoms with Gasteiger partial charge in [-0.3, -0.25) is 4.90 Å². The van der Waals surface area contributed by atoms with Gasteiger partial charge in [0.05, 0.1) is 13.7 Å². The van der Waals surface area contributed by atoms with Crippen LogP contribution in [0, 0.1) is 0 Å². The first kappa shape index (κ1) is 16.1. The van der Waals surface area contributed by atoms with Gasteiger partial charge >= 0.3 is 0 Å². The summed E-state index contributed by atoms with van der Waals surface area (Å²) < 4.78 is 11.0. The van der Waals surface area contributed by atoms with Crippen molar-refractivity contribution in [2.24, 2.45) is 0 Å². The molecule has 21 heavy (non-hydrogen) atoms. The van der Waals surface area contributed by atoms with Gasteiger partial charge in [-0.05, 0) is 31.0 Å². The van der Waals surface area contributed by atoms with E-state index in [1.54, 1.807) is 7.11 Å². The number of aliphatic hydroxyl groups excluding tert-OH is 1. The highest BCUT2D eigenvalue weighted by Crippen LogP contribution is 2.33. The third-order valence-corrected chi connectivity index (χ3v) is 3.87. The second-order valence-electron chi connectivity index (χ2n) is 5.16. The Morgan fingerprint density at radius 2 is 2.05 bits per heavy atom. The van der Waals surface area contributed by atoms with Crippen LogP contribution in [-0.4, -0.2) is 56.5 Å². The predicted octanol–water partition coefficient (Wildman–Crippen LogP) is 1.42. The number of piperazine rings is 1. The van der Waals surface area contributed by atoms with Gasteiger partial charge in [0.1, 0.15) is 0 Å². The highest BCUT2D eigenvalue weighted by Gasteiger charge is 2.22. The van der Waals surface area contributed by atoms with Crippen LogP contribution in [0.1, 0.15) is 24.9 Å². The molecule has 0 saturated carbocycles. The van der Waals surface area contributed by atoms with Crippen LogP contribution in [0.25, 0.3) is 0 Å². The van der Waals surface area contributed by atoms with Crippen LogP contribution >= 0.6 is 0 Å². The van der Waals surface area contributed by atoms with Crippen molar-refractivity contribution in [3.63, 3.8) is 0 Å². The van der Waals surface area contributed by atoms with Crippen molar-refractivity contribution in [3.8, 4) is 11.5 Å². The van der Waals surface area contributed by atoms with Crippen molar-refractivity contribution in [1.29, 1.82) is 0 Å². The molecule has 5 heteroatoms. The number of hydrogen-bond donors (Lipinski definition) is 2. The van der Waals surface area contributed by atoms with E-state index in [2.05, 4.69) is 16.3 Å². The van der Waals surface area contributed by atoms with Gasteiger partial charge in [-0.2, -0.15) is 0 Å². The van der Waals surface area contributed by atoms with E-state index in [4.69, 9.17) is 9.47 Å². The fourth-order valence-corrected chi connectivity index (χ4v) is 2.84. The van der Waals surface area contributed by atoms with E-state index >= 15 is 0 Å². The summed E-state index contributed by atoms with van der Waals surface area (Å²) in [5.74, 6) is 1.53. The fraction of sp³-hybridized carbons (Fsp3) is 0.625. The van der Waals surface area contributed by atoms with Crippen molar-refractivity contribution >= 4 is 0 Å². The van der Waals surface area contributed by atoms with Gasteiger partial charge in [0.25, 0.3) is 0 Å². The molecule has 118 valence electrons. The van der Waals surface area contributed by atoms with Gasteiger partial charge in [-0.15, -0.1) is 0 Å². The lowest BCUT2D eigenvalue weighted by Gasteiger charge is -2.35. The zero-order chi connectivity index (χ0) is 15.1. The van der Waals surface area contributed by atoms with Gasteiger partial charge in [0.2, 0.25) is 0 Å². The maximum atomic E-state index is 9.40. The van der Waals surface area contributed by atoms with Crippen LogP contribution in [0.4, 0.5) is 0 Å². The van der Waals surface area contributed by atoms with Crippen LogP contribution in [0.2, 0.25) is 0 Å². The van der Waals surface area contributed by atoms with Crippen molar-refractivity contribution in [2.45, 2.75) is 19.4 Å². The van der Waals surface area contributed by atoms with E-state index in [1.165, 1.54) is 5.56 Å². The van der Waals surface area contributed by atoms with Crippen LogP contribution in [0.5, 0.6) is 11.5 Å². The molecule has 1 saturated heterocycles. The average Bonchev–Trinajstić information content (AvgIpc) is 2.54. The minimum Gasteiger partial charge on any atom is -0.493 e. The summed E-state index contributed by atoms with van der Waals surface area (Å²) in [5, 5.41) is 12.8.